The number of nitrogens with zero attached hydrogens (tertiary/aromatic N) is 1. The van der Waals surface area contributed by atoms with Gasteiger partial charge >= 0.3 is 18.0 Å². The predicted octanol–water partition coefficient (Wildman–Crippen LogP) is 2.28. The molecule has 1 heterocycles. The normalized spacial score (nSPS) is 19.8. The van der Waals surface area contributed by atoms with Crippen LogP contribution in [0.3, 0.4) is 0 Å². The van der Waals surface area contributed by atoms with E-state index in [1.54, 1.807) is 6.92 Å². The first-order chi connectivity index (χ1) is 12.0. The summed E-state index contributed by atoms with van der Waals surface area (Å²) < 4.78 is 15.5. The molecule has 0 spiro atoms. The highest BCUT2D eigenvalue weighted by atomic mass is 16.6. The molecule has 0 N–H and O–H groups in total. The highest BCUT2D eigenvalue weighted by Gasteiger charge is 2.38. The highest BCUT2D eigenvalue weighted by molar-refractivity contribution is 5.81. The number of hydrogen-bond acceptors (Lipinski definition) is 6. The van der Waals surface area contributed by atoms with Gasteiger partial charge in [-0.15, -0.1) is 0 Å². The van der Waals surface area contributed by atoms with E-state index in [-0.39, 0.29) is 19.8 Å². The van der Waals surface area contributed by atoms with Gasteiger partial charge in [-0.05, 0) is 25.3 Å². The Kier molecular flexibility index (Phi) is 6.80. The first-order valence-electron chi connectivity index (χ1n) is 8.32. The first kappa shape index (κ1) is 18.8. The molecule has 136 valence electrons. The summed E-state index contributed by atoms with van der Waals surface area (Å²) in [6.45, 7) is 3.46. The summed E-state index contributed by atoms with van der Waals surface area (Å²) in [6, 6.07) is 8.53. The zero-order chi connectivity index (χ0) is 18.2. The summed E-state index contributed by atoms with van der Waals surface area (Å²) in [5, 5.41) is 0. The van der Waals surface area contributed by atoms with Gasteiger partial charge in [-0.3, -0.25) is 9.69 Å². The Morgan fingerprint density at radius 1 is 1.12 bits per heavy atom. The summed E-state index contributed by atoms with van der Waals surface area (Å²) in [4.78, 5) is 37.1. The van der Waals surface area contributed by atoms with Crippen molar-refractivity contribution in [1.82, 2.24) is 4.90 Å². The molecule has 1 aromatic carbocycles. The average Bonchev–Trinajstić information content (AvgIpc) is 2.60. The number of carbonyl (C=O) groups excluding carboxylic acids is 3. The number of piperidine rings is 1. The maximum Gasteiger partial charge on any atom is 0.410 e. The van der Waals surface area contributed by atoms with Gasteiger partial charge in [0.05, 0.1) is 13.2 Å². The Balaban J connectivity index is 2.04. The number of carbonyl (C=O) groups is 3. The fourth-order valence-electron chi connectivity index (χ4n) is 2.76. The minimum absolute atomic E-state index is 0.101. The van der Waals surface area contributed by atoms with Crippen LogP contribution in [0.5, 0.6) is 0 Å². The van der Waals surface area contributed by atoms with Crippen molar-refractivity contribution in [2.24, 2.45) is 0 Å². The molecule has 1 aromatic rings. The average molecular weight is 349 g/mol. The van der Waals surface area contributed by atoms with Crippen LogP contribution in [0.25, 0.3) is 0 Å². The van der Waals surface area contributed by atoms with E-state index in [1.807, 2.05) is 30.3 Å². The molecular formula is C18H23NO6. The molecule has 0 saturated carbocycles. The van der Waals surface area contributed by atoms with Crippen molar-refractivity contribution in [1.29, 1.82) is 0 Å². The molecule has 1 amide bonds. The Labute approximate surface area is 146 Å². The lowest BCUT2D eigenvalue weighted by molar-refractivity contribution is -0.156. The van der Waals surface area contributed by atoms with Gasteiger partial charge in [0.15, 0.2) is 0 Å². The SMILES string of the molecule is CCOC(=O)[C@@H]1CC[C@@H](OC(C)=O)CN1C(=O)OCc1ccccc1. The molecule has 1 saturated heterocycles. The zero-order valence-electron chi connectivity index (χ0n) is 14.5. The maximum absolute atomic E-state index is 12.5. The predicted molar refractivity (Wildman–Crippen MR) is 88.5 cm³/mol. The van der Waals surface area contributed by atoms with E-state index in [0.717, 1.165) is 5.56 Å². The molecule has 7 heteroatoms. The number of ether oxygens (including phenoxy) is 3. The largest absolute Gasteiger partial charge is 0.464 e. The van der Waals surface area contributed by atoms with Gasteiger partial charge < -0.3 is 14.2 Å². The molecule has 1 aliphatic rings. The van der Waals surface area contributed by atoms with E-state index >= 15 is 0 Å². The zero-order valence-corrected chi connectivity index (χ0v) is 14.5. The lowest BCUT2D eigenvalue weighted by Gasteiger charge is -2.36. The molecular weight excluding hydrogens is 326 g/mol. The van der Waals surface area contributed by atoms with E-state index < -0.39 is 30.2 Å². The fraction of sp³-hybridized carbons (Fsp3) is 0.500. The molecule has 2 rings (SSSR count). The van der Waals surface area contributed by atoms with Gasteiger partial charge in [-0.25, -0.2) is 9.59 Å². The van der Waals surface area contributed by atoms with E-state index in [1.165, 1.54) is 11.8 Å². The summed E-state index contributed by atoms with van der Waals surface area (Å²) in [7, 11) is 0. The van der Waals surface area contributed by atoms with E-state index in [9.17, 15) is 14.4 Å². The smallest absolute Gasteiger partial charge is 0.410 e. The standard InChI is InChI=1S/C18H23NO6/c1-3-23-17(21)16-10-9-15(25-13(2)20)11-19(16)18(22)24-12-14-7-5-4-6-8-14/h4-8,15-16H,3,9-12H2,1-2H3/t15-,16+/m1/s1. The number of likely N-dealkylation sites (tertiary alicyclic amines) is 1. The third-order valence-corrected chi connectivity index (χ3v) is 3.87. The van der Waals surface area contributed by atoms with Gasteiger partial charge in [0.2, 0.25) is 0 Å². The number of hydrogen-bond donors (Lipinski definition) is 0. The summed E-state index contributed by atoms with van der Waals surface area (Å²) in [6.07, 6.45) is -0.228. The minimum Gasteiger partial charge on any atom is -0.464 e. The van der Waals surface area contributed by atoms with E-state index in [0.29, 0.717) is 12.8 Å². The van der Waals surface area contributed by atoms with Crippen molar-refractivity contribution in [2.75, 3.05) is 13.2 Å². The molecule has 0 unspecified atom stereocenters. The van der Waals surface area contributed by atoms with E-state index in [4.69, 9.17) is 14.2 Å². The topological polar surface area (TPSA) is 82.1 Å². The minimum atomic E-state index is -0.727. The number of amides is 1. The Morgan fingerprint density at radius 2 is 1.84 bits per heavy atom. The second-order valence-corrected chi connectivity index (χ2v) is 5.77. The Hall–Kier alpha value is -2.57. The quantitative estimate of drug-likeness (QED) is 0.599. The highest BCUT2D eigenvalue weighted by Crippen LogP contribution is 2.22. The second kappa shape index (κ2) is 9.05. The van der Waals surface area contributed by atoms with Crippen LogP contribution < -0.4 is 0 Å². The van der Waals surface area contributed by atoms with E-state index in [2.05, 4.69) is 0 Å². The van der Waals surface area contributed by atoms with Crippen molar-refractivity contribution in [3.05, 3.63) is 35.9 Å². The van der Waals surface area contributed by atoms with Crippen LogP contribution in [0.15, 0.2) is 30.3 Å². The molecule has 2 atom stereocenters. The van der Waals surface area contributed by atoms with Crippen LogP contribution in [0, 0.1) is 0 Å². The van der Waals surface area contributed by atoms with Crippen LogP contribution in [0.4, 0.5) is 4.79 Å². The van der Waals surface area contributed by atoms with Gasteiger partial charge in [0.25, 0.3) is 0 Å². The summed E-state index contributed by atoms with van der Waals surface area (Å²) in [5.41, 5.74) is 0.845. The first-order valence-corrected chi connectivity index (χ1v) is 8.32. The summed E-state index contributed by atoms with van der Waals surface area (Å²) >= 11 is 0. The third kappa shape index (κ3) is 5.48. The van der Waals surface area contributed by atoms with Crippen LogP contribution in [-0.4, -0.2) is 48.2 Å². The van der Waals surface area contributed by atoms with Gasteiger partial charge in [0.1, 0.15) is 18.8 Å². The molecule has 1 fully saturated rings. The lowest BCUT2D eigenvalue weighted by atomic mass is 10.0. The number of rotatable bonds is 5. The van der Waals surface area contributed by atoms with Crippen molar-refractivity contribution < 1.29 is 28.6 Å². The van der Waals surface area contributed by atoms with Crippen molar-refractivity contribution >= 4 is 18.0 Å². The Bertz CT molecular complexity index is 603. The fourth-order valence-corrected chi connectivity index (χ4v) is 2.76. The lowest BCUT2D eigenvalue weighted by Crippen LogP contribution is -2.53. The molecule has 0 aliphatic carbocycles. The third-order valence-electron chi connectivity index (χ3n) is 3.87. The van der Waals surface area contributed by atoms with Crippen molar-refractivity contribution in [3.63, 3.8) is 0 Å². The van der Waals surface area contributed by atoms with Crippen LogP contribution >= 0.6 is 0 Å². The van der Waals surface area contributed by atoms with Gasteiger partial charge in [0, 0.05) is 6.92 Å². The van der Waals surface area contributed by atoms with Crippen molar-refractivity contribution in [3.8, 4) is 0 Å². The molecule has 7 nitrogen and oxygen atoms in total. The molecule has 0 aromatic heterocycles. The number of benzene rings is 1. The van der Waals surface area contributed by atoms with Crippen LogP contribution in [-0.2, 0) is 30.4 Å². The van der Waals surface area contributed by atoms with Crippen LogP contribution in [0.2, 0.25) is 0 Å². The maximum atomic E-state index is 12.5. The summed E-state index contributed by atoms with van der Waals surface area (Å²) in [5.74, 6) is -0.891. The second-order valence-electron chi connectivity index (χ2n) is 5.77. The number of esters is 2. The molecule has 25 heavy (non-hydrogen) atoms. The molecule has 1 aliphatic heterocycles. The molecule has 0 radical (unpaired) electrons. The van der Waals surface area contributed by atoms with Crippen molar-refractivity contribution in [2.45, 2.75) is 45.4 Å². The van der Waals surface area contributed by atoms with Gasteiger partial charge in [-0.2, -0.15) is 0 Å². The molecule has 0 bridgehead atoms. The van der Waals surface area contributed by atoms with Crippen LogP contribution in [0.1, 0.15) is 32.3 Å². The monoisotopic (exact) mass is 349 g/mol. The van der Waals surface area contributed by atoms with Gasteiger partial charge in [-0.1, -0.05) is 30.3 Å². The Morgan fingerprint density at radius 3 is 2.48 bits per heavy atom.